The van der Waals surface area contributed by atoms with Gasteiger partial charge in [-0.2, -0.15) is 0 Å². The second kappa shape index (κ2) is 11.7. The number of rotatable bonds is 6. The fourth-order valence-electron chi connectivity index (χ4n) is 3.19. The molecule has 144 valence electrons. The van der Waals surface area contributed by atoms with E-state index in [2.05, 4.69) is 55.4 Å². The number of hydrogen-bond donors (Lipinski definition) is 2. The van der Waals surface area contributed by atoms with Crippen LogP contribution in [0.5, 0.6) is 0 Å². The van der Waals surface area contributed by atoms with Crippen LogP contribution in [-0.4, -0.2) is 42.0 Å². The first-order valence-corrected chi connectivity index (χ1v) is 8.86. The van der Waals surface area contributed by atoms with Crippen LogP contribution in [0.4, 0.5) is 0 Å². The van der Waals surface area contributed by atoms with Gasteiger partial charge < -0.3 is 10.6 Å². The molecule has 25 heavy (non-hydrogen) atoms. The molecule has 1 aromatic rings. The summed E-state index contributed by atoms with van der Waals surface area (Å²) in [5, 5.41) is 6.58. The van der Waals surface area contributed by atoms with E-state index in [-0.39, 0.29) is 36.8 Å². The highest BCUT2D eigenvalue weighted by atomic mass is 35.5. The van der Waals surface area contributed by atoms with Crippen LogP contribution in [0, 0.1) is 0 Å². The van der Waals surface area contributed by atoms with Crippen molar-refractivity contribution in [2.24, 2.45) is 0 Å². The first kappa shape index (κ1) is 24.2. The predicted molar refractivity (Wildman–Crippen MR) is 110 cm³/mol. The molecule has 2 N–H and O–H groups in total. The van der Waals surface area contributed by atoms with E-state index in [0.29, 0.717) is 12.1 Å². The van der Waals surface area contributed by atoms with Crippen LogP contribution in [0.1, 0.15) is 56.5 Å². The van der Waals surface area contributed by atoms with Crippen LogP contribution >= 0.6 is 24.8 Å². The third kappa shape index (κ3) is 7.53. The van der Waals surface area contributed by atoms with E-state index in [0.717, 1.165) is 38.0 Å². The number of halogens is 2. The van der Waals surface area contributed by atoms with Gasteiger partial charge in [0.05, 0.1) is 0 Å². The number of piperidine rings is 1. The van der Waals surface area contributed by atoms with E-state index >= 15 is 0 Å². The summed E-state index contributed by atoms with van der Waals surface area (Å²) in [7, 11) is 0. The number of hydrogen-bond acceptors (Lipinski definition) is 3. The molecule has 4 nitrogen and oxygen atoms in total. The largest absolute Gasteiger partial charge is 0.349 e. The first-order valence-electron chi connectivity index (χ1n) is 8.86. The average molecular weight is 390 g/mol. The average Bonchev–Trinajstić information content (AvgIpc) is 2.52. The van der Waals surface area contributed by atoms with Gasteiger partial charge in [-0.25, -0.2) is 0 Å². The van der Waals surface area contributed by atoms with Crippen molar-refractivity contribution in [2.75, 3.05) is 13.1 Å². The monoisotopic (exact) mass is 389 g/mol. The third-order valence-corrected chi connectivity index (χ3v) is 4.70. The number of nitrogens with zero attached hydrogens (tertiary/aromatic N) is 1. The van der Waals surface area contributed by atoms with Gasteiger partial charge in [-0.1, -0.05) is 19.1 Å². The summed E-state index contributed by atoms with van der Waals surface area (Å²) in [6.07, 6.45) is 2.01. The standard InChI is InChI=1S/C19H31N3O.2ClH/c1-5-22(14(2)3)13-16-6-8-17(9-7-16)19(23)21-18-10-11-20-15(4)12-18;;/h6-9,14-15,18,20H,5,10-13H2,1-4H3,(H,21,23);2*1H. The van der Waals surface area contributed by atoms with E-state index in [4.69, 9.17) is 0 Å². The van der Waals surface area contributed by atoms with Gasteiger partial charge >= 0.3 is 0 Å². The van der Waals surface area contributed by atoms with Crippen molar-refractivity contribution in [1.29, 1.82) is 0 Å². The van der Waals surface area contributed by atoms with Gasteiger partial charge in [-0.05, 0) is 64.4 Å². The molecule has 0 radical (unpaired) electrons. The lowest BCUT2D eigenvalue weighted by Gasteiger charge is -2.28. The maximum Gasteiger partial charge on any atom is 0.251 e. The normalized spacial score (nSPS) is 19.9. The van der Waals surface area contributed by atoms with Crippen LogP contribution in [0.15, 0.2) is 24.3 Å². The molecule has 1 aliphatic heterocycles. The van der Waals surface area contributed by atoms with Crippen molar-refractivity contribution in [3.05, 3.63) is 35.4 Å². The molecule has 0 aliphatic carbocycles. The molecule has 0 spiro atoms. The van der Waals surface area contributed by atoms with Crippen LogP contribution in [0.3, 0.4) is 0 Å². The Kier molecular flexibility index (Phi) is 11.4. The Balaban J connectivity index is 0.00000288. The summed E-state index contributed by atoms with van der Waals surface area (Å²) in [6, 6.07) is 9.34. The second-order valence-corrected chi connectivity index (χ2v) is 6.90. The van der Waals surface area contributed by atoms with Gasteiger partial charge in [-0.3, -0.25) is 9.69 Å². The lowest BCUT2D eigenvalue weighted by Crippen LogP contribution is -2.46. The van der Waals surface area contributed by atoms with E-state index in [1.54, 1.807) is 0 Å². The van der Waals surface area contributed by atoms with Crippen LogP contribution in [0.2, 0.25) is 0 Å². The van der Waals surface area contributed by atoms with E-state index in [9.17, 15) is 4.79 Å². The van der Waals surface area contributed by atoms with Crippen molar-refractivity contribution in [3.63, 3.8) is 0 Å². The van der Waals surface area contributed by atoms with Gasteiger partial charge in [0, 0.05) is 30.2 Å². The van der Waals surface area contributed by atoms with Crippen molar-refractivity contribution in [2.45, 2.75) is 65.2 Å². The minimum atomic E-state index is 0. The molecule has 1 heterocycles. The maximum atomic E-state index is 12.4. The Morgan fingerprint density at radius 3 is 2.44 bits per heavy atom. The molecule has 1 aliphatic rings. The molecule has 0 bridgehead atoms. The summed E-state index contributed by atoms with van der Waals surface area (Å²) in [4.78, 5) is 14.8. The van der Waals surface area contributed by atoms with Crippen molar-refractivity contribution in [3.8, 4) is 0 Å². The zero-order valence-electron chi connectivity index (χ0n) is 15.7. The number of amides is 1. The fourth-order valence-corrected chi connectivity index (χ4v) is 3.19. The van der Waals surface area contributed by atoms with Crippen LogP contribution in [0.25, 0.3) is 0 Å². The second-order valence-electron chi connectivity index (χ2n) is 6.90. The summed E-state index contributed by atoms with van der Waals surface area (Å²) in [6.45, 7) is 11.7. The number of carbonyl (C=O) groups is 1. The molecule has 0 aromatic heterocycles. The van der Waals surface area contributed by atoms with Gasteiger partial charge in [0.2, 0.25) is 0 Å². The molecule has 1 fully saturated rings. The van der Waals surface area contributed by atoms with E-state index in [1.165, 1.54) is 5.56 Å². The minimum absolute atomic E-state index is 0. The van der Waals surface area contributed by atoms with Gasteiger partial charge in [0.1, 0.15) is 0 Å². The molecule has 2 atom stereocenters. The quantitative estimate of drug-likeness (QED) is 0.780. The fraction of sp³-hybridized carbons (Fsp3) is 0.632. The van der Waals surface area contributed by atoms with Gasteiger partial charge in [0.25, 0.3) is 5.91 Å². The maximum absolute atomic E-state index is 12.4. The smallest absolute Gasteiger partial charge is 0.251 e. The first-order chi connectivity index (χ1) is 11.0. The van der Waals surface area contributed by atoms with E-state index < -0.39 is 0 Å². The highest BCUT2D eigenvalue weighted by molar-refractivity contribution is 5.94. The molecule has 0 saturated carbocycles. The Hall–Kier alpha value is -0.810. The summed E-state index contributed by atoms with van der Waals surface area (Å²) in [5.74, 6) is 0.0480. The van der Waals surface area contributed by atoms with E-state index in [1.807, 2.05) is 12.1 Å². The number of carbonyl (C=O) groups excluding carboxylic acids is 1. The Morgan fingerprint density at radius 1 is 1.28 bits per heavy atom. The molecule has 6 heteroatoms. The Morgan fingerprint density at radius 2 is 1.92 bits per heavy atom. The number of nitrogens with one attached hydrogen (secondary N) is 2. The summed E-state index contributed by atoms with van der Waals surface area (Å²) >= 11 is 0. The Bertz CT molecular complexity index is 508. The SMILES string of the molecule is CCN(Cc1ccc(C(=O)NC2CCNC(C)C2)cc1)C(C)C.Cl.Cl. The lowest BCUT2D eigenvalue weighted by atomic mass is 10.00. The van der Waals surface area contributed by atoms with Gasteiger partial charge in [-0.15, -0.1) is 24.8 Å². The topological polar surface area (TPSA) is 44.4 Å². The molecule has 1 saturated heterocycles. The third-order valence-electron chi connectivity index (χ3n) is 4.70. The van der Waals surface area contributed by atoms with Crippen molar-refractivity contribution < 1.29 is 4.79 Å². The molecule has 2 rings (SSSR count). The van der Waals surface area contributed by atoms with Crippen LogP contribution < -0.4 is 10.6 Å². The zero-order valence-corrected chi connectivity index (χ0v) is 17.4. The highest BCUT2D eigenvalue weighted by Crippen LogP contribution is 2.12. The summed E-state index contributed by atoms with van der Waals surface area (Å²) in [5.41, 5.74) is 2.01. The molecule has 1 amide bonds. The molecule has 2 unspecified atom stereocenters. The zero-order chi connectivity index (χ0) is 16.8. The molecule has 1 aromatic carbocycles. The van der Waals surface area contributed by atoms with Gasteiger partial charge in [0.15, 0.2) is 0 Å². The predicted octanol–water partition coefficient (Wildman–Crippen LogP) is 3.63. The lowest BCUT2D eigenvalue weighted by molar-refractivity contribution is 0.0925. The van der Waals surface area contributed by atoms with Crippen molar-refractivity contribution >= 4 is 30.7 Å². The number of benzene rings is 1. The Labute approximate surface area is 164 Å². The summed E-state index contributed by atoms with van der Waals surface area (Å²) < 4.78 is 0. The van der Waals surface area contributed by atoms with Crippen molar-refractivity contribution in [1.82, 2.24) is 15.5 Å². The molecular formula is C19H33Cl2N3O. The molecular weight excluding hydrogens is 357 g/mol. The minimum Gasteiger partial charge on any atom is -0.349 e. The highest BCUT2D eigenvalue weighted by Gasteiger charge is 2.20. The van der Waals surface area contributed by atoms with Crippen LogP contribution in [-0.2, 0) is 6.54 Å².